The molecule has 0 radical (unpaired) electrons. The average molecular weight is 627 g/mol. The molecule has 7 nitrogen and oxygen atoms in total. The van der Waals surface area contributed by atoms with Crippen LogP contribution in [0.5, 0.6) is 5.75 Å². The first-order chi connectivity index (χ1) is 23.0. The number of aliphatic hydroxyl groups excluding tert-OH is 1. The molecule has 1 N–H and O–H groups in total. The van der Waals surface area contributed by atoms with Crippen molar-refractivity contribution in [2.45, 2.75) is 46.1 Å². The predicted molar refractivity (Wildman–Crippen MR) is 190 cm³/mol. The maximum absolute atomic E-state index is 11.5. The van der Waals surface area contributed by atoms with E-state index in [0.29, 0.717) is 19.8 Å². The van der Waals surface area contributed by atoms with Crippen LogP contribution in [0.25, 0.3) is 32.8 Å². The van der Waals surface area contributed by atoms with Crippen molar-refractivity contribution in [2.24, 2.45) is 7.05 Å². The zero-order valence-corrected chi connectivity index (χ0v) is 27.4. The zero-order valence-electron chi connectivity index (χ0n) is 27.4. The van der Waals surface area contributed by atoms with Crippen LogP contribution in [0, 0.1) is 6.92 Å². The molecule has 0 amide bonds. The summed E-state index contributed by atoms with van der Waals surface area (Å²) in [7, 11) is 2.03. The van der Waals surface area contributed by atoms with Gasteiger partial charge in [0.1, 0.15) is 11.6 Å². The van der Waals surface area contributed by atoms with Gasteiger partial charge in [-0.05, 0) is 49.3 Å². The average Bonchev–Trinajstić information content (AvgIpc) is 3.57. The molecule has 3 heterocycles. The van der Waals surface area contributed by atoms with E-state index in [2.05, 4.69) is 95.3 Å². The lowest BCUT2D eigenvalue weighted by Gasteiger charge is -2.26. The summed E-state index contributed by atoms with van der Waals surface area (Å²) in [6, 6.07) is 31.6. The number of aryl methyl sites for hydroxylation is 3. The smallest absolute Gasteiger partial charge is 0.196 e. The topological polar surface area (TPSA) is 64.7 Å². The van der Waals surface area contributed by atoms with Gasteiger partial charge >= 0.3 is 0 Å². The second-order valence-electron chi connectivity index (χ2n) is 12.2. The minimum absolute atomic E-state index is 0.412. The minimum Gasteiger partial charge on any atom is -0.493 e. The number of aliphatic hydroxyl groups is 1. The highest BCUT2D eigenvalue weighted by Crippen LogP contribution is 2.43. The van der Waals surface area contributed by atoms with Crippen molar-refractivity contribution >= 4 is 27.5 Å². The Morgan fingerprint density at radius 2 is 1.62 bits per heavy atom. The number of para-hydroxylation sites is 1. The first-order valence-electron chi connectivity index (χ1n) is 16.6. The normalized spacial score (nSPS) is 14.3. The van der Waals surface area contributed by atoms with Crippen LogP contribution in [0.1, 0.15) is 42.1 Å². The first-order valence-corrected chi connectivity index (χ1v) is 16.6. The van der Waals surface area contributed by atoms with Crippen LogP contribution in [0.15, 0.2) is 103 Å². The van der Waals surface area contributed by atoms with Crippen molar-refractivity contribution in [1.82, 2.24) is 14.3 Å². The van der Waals surface area contributed by atoms with Gasteiger partial charge in [-0.1, -0.05) is 97.1 Å². The number of hydrogen-bond donors (Lipinski definition) is 1. The van der Waals surface area contributed by atoms with E-state index in [4.69, 9.17) is 14.6 Å². The Morgan fingerprint density at radius 1 is 0.872 bits per heavy atom. The highest BCUT2D eigenvalue weighted by atomic mass is 16.6. The number of allylic oxidation sites excluding steroid dienone is 1. The second kappa shape index (κ2) is 13.5. The monoisotopic (exact) mass is 626 g/mol. The van der Waals surface area contributed by atoms with Crippen LogP contribution < -0.4 is 9.64 Å². The number of fused-ring (bicyclic) bond motifs is 3. The lowest BCUT2D eigenvalue weighted by atomic mass is 9.99. The second-order valence-corrected chi connectivity index (χ2v) is 12.2. The van der Waals surface area contributed by atoms with Gasteiger partial charge in [-0.25, -0.2) is 0 Å². The number of aromatic nitrogens is 3. The van der Waals surface area contributed by atoms with Crippen LogP contribution in [0.4, 0.5) is 5.82 Å². The fourth-order valence-electron chi connectivity index (χ4n) is 7.16. The van der Waals surface area contributed by atoms with E-state index >= 15 is 0 Å². The predicted octanol–water partition coefficient (Wildman–Crippen LogP) is 8.12. The number of rotatable bonds is 10. The Bertz CT molecular complexity index is 2040. The Hall–Kier alpha value is -4.85. The number of nitrogens with zero attached hydrogens (tertiary/aromatic N) is 4. The summed E-state index contributed by atoms with van der Waals surface area (Å²) in [5.41, 5.74) is 7.46. The van der Waals surface area contributed by atoms with Crippen LogP contribution in [0.3, 0.4) is 0 Å². The number of ether oxygens (including phenoxy) is 2. The van der Waals surface area contributed by atoms with E-state index in [0.717, 1.165) is 81.9 Å². The van der Waals surface area contributed by atoms with E-state index in [-0.39, 0.29) is 0 Å². The van der Waals surface area contributed by atoms with Crippen molar-refractivity contribution < 1.29 is 14.6 Å². The third-order valence-corrected chi connectivity index (χ3v) is 9.13. The molecule has 7 rings (SSSR count). The summed E-state index contributed by atoms with van der Waals surface area (Å²) in [4.78, 5) is 2.40. The van der Waals surface area contributed by atoms with E-state index < -0.39 is 6.29 Å². The van der Waals surface area contributed by atoms with Gasteiger partial charge in [-0.2, -0.15) is 5.10 Å². The maximum atomic E-state index is 11.5. The molecule has 2 aromatic heterocycles. The van der Waals surface area contributed by atoms with Crippen molar-refractivity contribution in [1.29, 1.82) is 0 Å². The molecule has 0 saturated heterocycles. The van der Waals surface area contributed by atoms with Gasteiger partial charge < -0.3 is 24.0 Å². The van der Waals surface area contributed by atoms with Crippen LogP contribution in [-0.4, -0.2) is 39.2 Å². The number of anilines is 1. The maximum Gasteiger partial charge on any atom is 0.196 e. The summed E-state index contributed by atoms with van der Waals surface area (Å²) in [5, 5.41) is 19.9. The standard InChI is InChI=1S/C40H42N4O3/c1-4-46-40(45)38-33(22-14-26-47-35-23-12-18-30-17-8-9-19-31(30)35)32-20-13-21-34-36-28(2)41-42(3)39(36)43(27-29-15-6-5-7-16-29)24-10-11-25-44(38)37(32)34/h5-13,15-21,23,40,45H,4,14,22,24-27H2,1-3H3/b11-10-. The quantitative estimate of drug-likeness (QED) is 0.0946. The van der Waals surface area contributed by atoms with Gasteiger partial charge in [0.25, 0.3) is 0 Å². The zero-order chi connectivity index (χ0) is 32.3. The molecule has 6 aromatic rings. The molecular formula is C40H42N4O3. The highest BCUT2D eigenvalue weighted by Gasteiger charge is 2.28. The van der Waals surface area contributed by atoms with Crippen LogP contribution >= 0.6 is 0 Å². The van der Waals surface area contributed by atoms with E-state index in [1.807, 2.05) is 42.9 Å². The highest BCUT2D eigenvalue weighted by molar-refractivity contribution is 6.01. The molecule has 7 heteroatoms. The third-order valence-electron chi connectivity index (χ3n) is 9.13. The molecule has 4 aromatic carbocycles. The van der Waals surface area contributed by atoms with Crippen molar-refractivity contribution in [3.05, 3.63) is 126 Å². The van der Waals surface area contributed by atoms with Gasteiger partial charge in [-0.3, -0.25) is 4.68 Å². The molecule has 0 spiro atoms. The minimum atomic E-state index is -1.05. The Labute approximate surface area is 276 Å². The van der Waals surface area contributed by atoms with Gasteiger partial charge in [0.15, 0.2) is 6.29 Å². The number of benzene rings is 4. The lowest BCUT2D eigenvalue weighted by Crippen LogP contribution is -2.26. The van der Waals surface area contributed by atoms with E-state index in [1.165, 1.54) is 10.9 Å². The Kier molecular flexibility index (Phi) is 8.83. The molecule has 1 atom stereocenters. The van der Waals surface area contributed by atoms with Gasteiger partial charge in [0.2, 0.25) is 0 Å². The van der Waals surface area contributed by atoms with Crippen LogP contribution in [-0.2, 0) is 31.3 Å². The molecular weight excluding hydrogens is 584 g/mol. The summed E-state index contributed by atoms with van der Waals surface area (Å²) in [6.07, 6.45) is 4.91. The molecule has 0 aliphatic carbocycles. The molecule has 1 unspecified atom stereocenters. The van der Waals surface area contributed by atoms with Gasteiger partial charge in [0.05, 0.1) is 23.5 Å². The molecule has 240 valence electrons. The summed E-state index contributed by atoms with van der Waals surface area (Å²) in [5.74, 6) is 1.97. The fourth-order valence-corrected chi connectivity index (χ4v) is 7.16. The first kappa shape index (κ1) is 30.8. The molecule has 0 bridgehead atoms. The van der Waals surface area contributed by atoms with Crippen molar-refractivity contribution in [3.63, 3.8) is 0 Å². The summed E-state index contributed by atoms with van der Waals surface area (Å²) < 4.78 is 16.5. The molecule has 1 aliphatic rings. The Morgan fingerprint density at radius 3 is 2.47 bits per heavy atom. The fraction of sp³-hybridized carbons (Fsp3) is 0.275. The molecule has 0 saturated carbocycles. The van der Waals surface area contributed by atoms with Gasteiger partial charge in [0, 0.05) is 55.2 Å². The molecule has 47 heavy (non-hydrogen) atoms. The third kappa shape index (κ3) is 5.93. The van der Waals surface area contributed by atoms with E-state index in [1.54, 1.807) is 0 Å². The summed E-state index contributed by atoms with van der Waals surface area (Å²) >= 11 is 0. The van der Waals surface area contributed by atoms with Crippen molar-refractivity contribution in [2.75, 3.05) is 24.7 Å². The van der Waals surface area contributed by atoms with E-state index in [9.17, 15) is 5.11 Å². The number of hydrogen-bond acceptors (Lipinski definition) is 5. The van der Waals surface area contributed by atoms with Gasteiger partial charge in [-0.15, -0.1) is 0 Å². The van der Waals surface area contributed by atoms with Crippen molar-refractivity contribution in [3.8, 4) is 16.9 Å². The molecule has 1 aliphatic heterocycles. The van der Waals surface area contributed by atoms with Crippen LogP contribution in [0.2, 0.25) is 0 Å². The Balaban J connectivity index is 1.31. The largest absolute Gasteiger partial charge is 0.493 e. The lowest BCUT2D eigenvalue weighted by molar-refractivity contribution is -0.103. The summed E-state index contributed by atoms with van der Waals surface area (Å²) in [6.45, 7) is 7.10. The molecule has 0 fully saturated rings. The SMILES string of the molecule is CCOC(O)c1c(CCCOc2cccc3ccccc23)c2cccc3c2n1C/C=C\CN(Cc1ccccc1)c1c-3c(C)nn1C.